The maximum absolute atomic E-state index is 5.98. The summed E-state index contributed by atoms with van der Waals surface area (Å²) in [7, 11) is 0. The Balaban J connectivity index is 1.17. The van der Waals surface area contributed by atoms with Crippen LogP contribution in [-0.4, -0.2) is 46.1 Å². The minimum atomic E-state index is -0.523. The highest BCUT2D eigenvalue weighted by Crippen LogP contribution is 2.63. The fourth-order valence-corrected chi connectivity index (χ4v) is 8.32. The van der Waals surface area contributed by atoms with Crippen LogP contribution in [0, 0.1) is 0 Å². The molecule has 0 N–H and O–H groups in total. The van der Waals surface area contributed by atoms with E-state index in [9.17, 15) is 0 Å². The molecule has 0 saturated heterocycles. The molecule has 6 nitrogen and oxygen atoms in total. The average molecular weight is 665 g/mol. The van der Waals surface area contributed by atoms with E-state index in [1.807, 2.05) is 24.3 Å². The van der Waals surface area contributed by atoms with Gasteiger partial charge in [0.2, 0.25) is 11.8 Å². The highest BCUT2D eigenvalue weighted by atomic mass is 16.5. The fourth-order valence-electron chi connectivity index (χ4n) is 8.32. The molecule has 0 unspecified atom stereocenters. The molecular formula is C45H36N4O2. The first-order chi connectivity index (χ1) is 24.7. The topological polar surface area (TPSA) is 69.0 Å². The van der Waals surface area contributed by atoms with Crippen molar-refractivity contribution in [1.82, 2.24) is 9.97 Å². The van der Waals surface area contributed by atoms with Gasteiger partial charge in [0, 0.05) is 11.1 Å². The van der Waals surface area contributed by atoms with Crippen LogP contribution in [0.1, 0.15) is 61.3 Å². The molecule has 0 fully saturated rings. The molecule has 6 aromatic rings. The predicted molar refractivity (Wildman–Crippen MR) is 202 cm³/mol. The number of pyridine rings is 2. The monoisotopic (exact) mass is 664 g/mol. The van der Waals surface area contributed by atoms with Crippen molar-refractivity contribution in [3.8, 4) is 44.8 Å². The van der Waals surface area contributed by atoms with E-state index in [0.717, 1.165) is 33.9 Å². The van der Waals surface area contributed by atoms with Gasteiger partial charge >= 0.3 is 0 Å². The van der Waals surface area contributed by atoms with Crippen LogP contribution in [0.4, 0.5) is 0 Å². The summed E-state index contributed by atoms with van der Waals surface area (Å²) >= 11 is 0. The highest BCUT2D eigenvalue weighted by molar-refractivity contribution is 5.98. The number of benzene rings is 4. The van der Waals surface area contributed by atoms with Gasteiger partial charge in [-0.2, -0.15) is 0 Å². The van der Waals surface area contributed by atoms with E-state index in [4.69, 9.17) is 29.4 Å². The van der Waals surface area contributed by atoms with Crippen molar-refractivity contribution in [3.05, 3.63) is 155 Å². The van der Waals surface area contributed by atoms with Crippen LogP contribution in [0.5, 0.6) is 0 Å². The SMILES string of the molecule is CC1(C)COC(c2cccc(-c3ccc4c(c3)C3(c5ccccc5-c5ccccc53)c3cc(-c5cccc(C6=NC(C)(C)CO6)n5)ccc3-4)n2)=N1. The number of hydrogen-bond donors (Lipinski definition) is 0. The maximum atomic E-state index is 5.98. The van der Waals surface area contributed by atoms with Gasteiger partial charge in [-0.1, -0.05) is 84.9 Å². The zero-order chi connectivity index (χ0) is 34.5. The molecule has 4 aliphatic rings. The van der Waals surface area contributed by atoms with E-state index >= 15 is 0 Å². The van der Waals surface area contributed by atoms with Crippen LogP contribution in [0.25, 0.3) is 44.8 Å². The second-order valence-electron chi connectivity index (χ2n) is 15.2. The van der Waals surface area contributed by atoms with Gasteiger partial charge in [-0.15, -0.1) is 0 Å². The number of ether oxygens (including phenoxy) is 2. The molecule has 2 aromatic heterocycles. The Kier molecular flexibility index (Phi) is 6.21. The molecule has 51 heavy (non-hydrogen) atoms. The summed E-state index contributed by atoms with van der Waals surface area (Å²) in [6, 6.07) is 43.6. The summed E-state index contributed by atoms with van der Waals surface area (Å²) in [6.45, 7) is 9.42. The Morgan fingerprint density at radius 1 is 0.431 bits per heavy atom. The number of fused-ring (bicyclic) bond motifs is 10. The van der Waals surface area contributed by atoms with E-state index in [1.165, 1.54) is 44.5 Å². The standard InChI is InChI=1S/C45H36N4O2/c1-43(2)25-50-41(48-43)39-17-9-15-37(46-39)27-19-21-31-32-22-20-28(38-16-10-18-40(47-38)42-49-44(3,4)26-51-42)24-36(32)45(35(31)23-27)33-13-7-5-11-29(33)30-12-6-8-14-34(30)45/h5-24H,25-26H2,1-4H3. The number of aliphatic imine (C=N–C) groups is 2. The number of hydrogen-bond acceptors (Lipinski definition) is 6. The van der Waals surface area contributed by atoms with Gasteiger partial charge in [0.05, 0.1) is 27.9 Å². The van der Waals surface area contributed by atoms with Gasteiger partial charge in [-0.3, -0.25) is 0 Å². The molecule has 4 aromatic carbocycles. The van der Waals surface area contributed by atoms with Gasteiger partial charge in [-0.25, -0.2) is 20.0 Å². The van der Waals surface area contributed by atoms with E-state index in [0.29, 0.717) is 25.0 Å². The number of aromatic nitrogens is 2. The Labute approximate surface area is 297 Å². The molecule has 2 aliphatic carbocycles. The normalized spacial score (nSPS) is 17.9. The first kappa shape index (κ1) is 30.0. The summed E-state index contributed by atoms with van der Waals surface area (Å²) in [4.78, 5) is 19.8. The molecular weight excluding hydrogens is 629 g/mol. The van der Waals surface area contributed by atoms with Crippen LogP contribution in [-0.2, 0) is 14.9 Å². The van der Waals surface area contributed by atoms with Crippen molar-refractivity contribution in [2.24, 2.45) is 9.98 Å². The van der Waals surface area contributed by atoms with Gasteiger partial charge in [0.25, 0.3) is 0 Å². The highest BCUT2D eigenvalue weighted by Gasteiger charge is 2.51. The van der Waals surface area contributed by atoms with Crippen molar-refractivity contribution in [1.29, 1.82) is 0 Å². The molecule has 0 radical (unpaired) electrons. The lowest BCUT2D eigenvalue weighted by atomic mass is 9.70. The molecule has 4 heterocycles. The molecule has 0 atom stereocenters. The van der Waals surface area contributed by atoms with Crippen LogP contribution < -0.4 is 0 Å². The molecule has 0 amide bonds. The lowest BCUT2D eigenvalue weighted by Crippen LogP contribution is -2.26. The van der Waals surface area contributed by atoms with E-state index < -0.39 is 5.41 Å². The minimum Gasteiger partial charge on any atom is -0.474 e. The predicted octanol–water partition coefficient (Wildman–Crippen LogP) is 9.26. The summed E-state index contributed by atoms with van der Waals surface area (Å²) in [5, 5.41) is 0. The fraction of sp³-hybridized carbons (Fsp3) is 0.200. The zero-order valence-electron chi connectivity index (χ0n) is 29.1. The third-order valence-corrected chi connectivity index (χ3v) is 10.6. The van der Waals surface area contributed by atoms with Gasteiger partial charge in [0.1, 0.15) is 24.6 Å². The molecule has 0 saturated carbocycles. The molecule has 10 rings (SSSR count). The zero-order valence-corrected chi connectivity index (χ0v) is 29.1. The van der Waals surface area contributed by atoms with E-state index in [2.05, 4.69) is 125 Å². The second kappa shape index (κ2) is 10.6. The minimum absolute atomic E-state index is 0.257. The maximum Gasteiger partial charge on any atom is 0.236 e. The van der Waals surface area contributed by atoms with Crippen LogP contribution >= 0.6 is 0 Å². The molecule has 6 heteroatoms. The Morgan fingerprint density at radius 2 is 0.843 bits per heavy atom. The first-order valence-electron chi connectivity index (χ1n) is 17.6. The summed E-state index contributed by atoms with van der Waals surface area (Å²) in [6.07, 6.45) is 0. The number of rotatable bonds is 4. The van der Waals surface area contributed by atoms with Crippen LogP contribution in [0.2, 0.25) is 0 Å². The van der Waals surface area contributed by atoms with Crippen LogP contribution in [0.3, 0.4) is 0 Å². The lowest BCUT2D eigenvalue weighted by molar-refractivity contribution is 0.279. The van der Waals surface area contributed by atoms with Gasteiger partial charge in [-0.05, 0) is 109 Å². The largest absolute Gasteiger partial charge is 0.474 e. The van der Waals surface area contributed by atoms with Gasteiger partial charge < -0.3 is 9.47 Å². The summed E-state index contributed by atoms with van der Waals surface area (Å²) in [5.74, 6) is 1.21. The summed E-state index contributed by atoms with van der Waals surface area (Å²) < 4.78 is 12.0. The number of nitrogens with zero attached hydrogens (tertiary/aromatic N) is 4. The third-order valence-electron chi connectivity index (χ3n) is 10.6. The molecule has 0 bridgehead atoms. The Bertz CT molecular complexity index is 2330. The smallest absolute Gasteiger partial charge is 0.236 e. The van der Waals surface area contributed by atoms with Gasteiger partial charge in [0.15, 0.2) is 0 Å². The Morgan fingerprint density at radius 3 is 1.27 bits per heavy atom. The Hall–Kier alpha value is -5.88. The van der Waals surface area contributed by atoms with Crippen molar-refractivity contribution in [2.45, 2.75) is 44.2 Å². The third kappa shape index (κ3) is 4.48. The van der Waals surface area contributed by atoms with Crippen molar-refractivity contribution in [2.75, 3.05) is 13.2 Å². The quantitative estimate of drug-likeness (QED) is 0.188. The van der Waals surface area contributed by atoms with Crippen molar-refractivity contribution >= 4 is 11.8 Å². The van der Waals surface area contributed by atoms with Crippen molar-refractivity contribution in [3.63, 3.8) is 0 Å². The molecule has 1 spiro atoms. The second-order valence-corrected chi connectivity index (χ2v) is 15.2. The molecule has 248 valence electrons. The van der Waals surface area contributed by atoms with E-state index in [-0.39, 0.29) is 11.1 Å². The lowest BCUT2D eigenvalue weighted by Gasteiger charge is -2.31. The average Bonchev–Trinajstić information content (AvgIpc) is 3.88. The summed E-state index contributed by atoms with van der Waals surface area (Å²) in [5.41, 5.74) is 14.4. The first-order valence-corrected chi connectivity index (χ1v) is 17.6. The van der Waals surface area contributed by atoms with Crippen molar-refractivity contribution < 1.29 is 9.47 Å². The van der Waals surface area contributed by atoms with E-state index in [1.54, 1.807) is 0 Å². The van der Waals surface area contributed by atoms with Crippen LogP contribution in [0.15, 0.2) is 131 Å². The molecule has 2 aliphatic heterocycles.